The second-order valence-corrected chi connectivity index (χ2v) is 4.88. The van der Waals surface area contributed by atoms with Crippen LogP contribution in [0.25, 0.3) is 11.0 Å². The van der Waals surface area contributed by atoms with Gasteiger partial charge in [-0.25, -0.2) is 4.79 Å². The molecule has 0 radical (unpaired) electrons. The second-order valence-electron chi connectivity index (χ2n) is 3.96. The van der Waals surface area contributed by atoms with E-state index in [1.807, 2.05) is 6.07 Å². The Morgan fingerprint density at radius 1 is 1.47 bits per heavy atom. The minimum absolute atomic E-state index is 0.108. The van der Waals surface area contributed by atoms with Crippen LogP contribution in [0.15, 0.2) is 31.9 Å². The van der Waals surface area contributed by atoms with E-state index in [0.717, 1.165) is 9.86 Å². The smallest absolute Gasteiger partial charge is 0.343 e. The number of ether oxygens (including phenoxy) is 1. The number of aliphatic hydroxyl groups is 1. The number of hydrogen-bond donors (Lipinski definition) is 1. The van der Waals surface area contributed by atoms with E-state index in [-0.39, 0.29) is 18.3 Å². The molecule has 1 unspecified atom stereocenters. The molecular formula is C12H9BrO4. The fraction of sp³-hybridized carbons (Fsp3) is 0.250. The van der Waals surface area contributed by atoms with Gasteiger partial charge in [-0.2, -0.15) is 0 Å². The summed E-state index contributed by atoms with van der Waals surface area (Å²) < 4.78 is 11.7. The van der Waals surface area contributed by atoms with Crippen molar-refractivity contribution in [3.63, 3.8) is 0 Å². The van der Waals surface area contributed by atoms with Crippen molar-refractivity contribution in [2.24, 2.45) is 0 Å². The maximum atomic E-state index is 11.7. The maximum absolute atomic E-state index is 11.7. The third-order valence-corrected chi connectivity index (χ3v) is 3.32. The zero-order chi connectivity index (χ0) is 12.0. The average molecular weight is 297 g/mol. The summed E-state index contributed by atoms with van der Waals surface area (Å²) in [6.07, 6.45) is 0.0499. The van der Waals surface area contributed by atoms with Crippen LogP contribution in [0.5, 0.6) is 5.75 Å². The number of hydrogen-bond acceptors (Lipinski definition) is 4. The molecule has 2 heterocycles. The van der Waals surface area contributed by atoms with E-state index in [4.69, 9.17) is 14.3 Å². The monoisotopic (exact) mass is 296 g/mol. The number of benzene rings is 1. The number of rotatable bonds is 1. The van der Waals surface area contributed by atoms with Gasteiger partial charge >= 0.3 is 5.63 Å². The molecule has 17 heavy (non-hydrogen) atoms. The van der Waals surface area contributed by atoms with E-state index in [2.05, 4.69) is 15.9 Å². The van der Waals surface area contributed by atoms with E-state index in [1.54, 1.807) is 12.1 Å². The van der Waals surface area contributed by atoms with Gasteiger partial charge in [-0.1, -0.05) is 15.9 Å². The van der Waals surface area contributed by atoms with Gasteiger partial charge in [0.2, 0.25) is 0 Å². The first-order valence-corrected chi connectivity index (χ1v) is 6.01. The molecule has 0 amide bonds. The predicted molar refractivity (Wildman–Crippen MR) is 65.4 cm³/mol. The molecule has 0 fully saturated rings. The first-order valence-electron chi connectivity index (χ1n) is 5.22. The molecule has 88 valence electrons. The van der Waals surface area contributed by atoms with Gasteiger partial charge in [0.25, 0.3) is 0 Å². The lowest BCUT2D eigenvalue weighted by atomic mass is 10.1. The third kappa shape index (κ3) is 1.66. The summed E-state index contributed by atoms with van der Waals surface area (Å²) >= 11 is 3.37. The van der Waals surface area contributed by atoms with E-state index < -0.39 is 0 Å². The Morgan fingerprint density at radius 3 is 3.06 bits per heavy atom. The largest absolute Gasteiger partial charge is 0.486 e. The first kappa shape index (κ1) is 10.8. The molecule has 1 atom stereocenters. The standard InChI is InChI=1S/C12H9BrO4/c13-6-1-2-10-8(3-6)11-9(12(15)17-10)4-7(5-14)16-11/h1-3,7,14H,4-5H2. The van der Waals surface area contributed by atoms with Crippen LogP contribution in [0, 0.1) is 0 Å². The lowest BCUT2D eigenvalue weighted by Crippen LogP contribution is -2.18. The van der Waals surface area contributed by atoms with Crippen molar-refractivity contribution in [2.75, 3.05) is 6.61 Å². The fourth-order valence-electron chi connectivity index (χ4n) is 2.03. The van der Waals surface area contributed by atoms with Crippen LogP contribution in [0.1, 0.15) is 5.56 Å². The minimum Gasteiger partial charge on any atom is -0.486 e. The molecule has 4 nitrogen and oxygen atoms in total. The Kier molecular flexibility index (Phi) is 2.45. The van der Waals surface area contributed by atoms with Crippen molar-refractivity contribution < 1.29 is 14.3 Å². The Labute approximate surface area is 105 Å². The van der Waals surface area contributed by atoms with Crippen LogP contribution in [0.3, 0.4) is 0 Å². The van der Waals surface area contributed by atoms with Gasteiger partial charge < -0.3 is 14.3 Å². The van der Waals surface area contributed by atoms with Gasteiger partial charge in [-0.3, -0.25) is 0 Å². The summed E-state index contributed by atoms with van der Waals surface area (Å²) in [6.45, 7) is -0.108. The molecule has 1 aromatic heterocycles. The first-order chi connectivity index (χ1) is 8.19. The average Bonchev–Trinajstić information content (AvgIpc) is 2.75. The molecule has 1 N–H and O–H groups in total. The summed E-state index contributed by atoms with van der Waals surface area (Å²) in [5.41, 5.74) is 0.621. The van der Waals surface area contributed by atoms with Crippen LogP contribution < -0.4 is 10.4 Å². The molecule has 1 aliphatic rings. The second kappa shape index (κ2) is 3.85. The SMILES string of the molecule is O=c1oc2ccc(Br)cc2c2c1CC(CO)O2. The third-order valence-electron chi connectivity index (χ3n) is 2.83. The molecule has 0 spiro atoms. The Hall–Kier alpha value is -1.33. The summed E-state index contributed by atoms with van der Waals surface area (Å²) in [6, 6.07) is 5.36. The van der Waals surface area contributed by atoms with Gasteiger partial charge in [-0.05, 0) is 18.2 Å². The molecule has 1 aromatic carbocycles. The molecule has 1 aliphatic heterocycles. The zero-order valence-electron chi connectivity index (χ0n) is 8.77. The highest BCUT2D eigenvalue weighted by atomic mass is 79.9. The molecule has 5 heteroatoms. The van der Waals surface area contributed by atoms with Gasteiger partial charge in [0.15, 0.2) is 0 Å². The van der Waals surface area contributed by atoms with E-state index in [1.165, 1.54) is 0 Å². The Balaban J connectivity index is 2.32. The molecular weight excluding hydrogens is 288 g/mol. The quantitative estimate of drug-likeness (QED) is 0.816. The Bertz CT molecular complexity index is 647. The number of fused-ring (bicyclic) bond motifs is 3. The summed E-state index contributed by atoms with van der Waals surface area (Å²) in [4.78, 5) is 11.7. The normalized spacial score (nSPS) is 18.1. The van der Waals surface area contributed by atoms with Crippen LogP contribution in [0.2, 0.25) is 0 Å². The van der Waals surface area contributed by atoms with Crippen LogP contribution in [-0.4, -0.2) is 17.8 Å². The van der Waals surface area contributed by atoms with E-state index in [0.29, 0.717) is 23.3 Å². The van der Waals surface area contributed by atoms with Crippen molar-refractivity contribution in [3.05, 3.63) is 38.7 Å². The van der Waals surface area contributed by atoms with Gasteiger partial charge in [0.05, 0.1) is 17.6 Å². The van der Waals surface area contributed by atoms with Crippen molar-refractivity contribution >= 4 is 26.9 Å². The van der Waals surface area contributed by atoms with E-state index in [9.17, 15) is 4.79 Å². The van der Waals surface area contributed by atoms with Crippen molar-refractivity contribution in [1.29, 1.82) is 0 Å². The maximum Gasteiger partial charge on any atom is 0.343 e. The molecule has 3 rings (SSSR count). The highest BCUT2D eigenvalue weighted by molar-refractivity contribution is 9.10. The van der Waals surface area contributed by atoms with E-state index >= 15 is 0 Å². The van der Waals surface area contributed by atoms with Crippen molar-refractivity contribution in [3.8, 4) is 5.75 Å². The summed E-state index contributed by atoms with van der Waals surface area (Å²) in [5, 5.41) is 9.84. The number of aliphatic hydroxyl groups excluding tert-OH is 1. The van der Waals surface area contributed by atoms with Crippen LogP contribution in [0.4, 0.5) is 0 Å². The molecule has 0 saturated carbocycles. The molecule has 0 saturated heterocycles. The lowest BCUT2D eigenvalue weighted by molar-refractivity contribution is 0.136. The van der Waals surface area contributed by atoms with Gasteiger partial charge in [0.1, 0.15) is 17.4 Å². The predicted octanol–water partition coefficient (Wildman–Crippen LogP) is 1.85. The van der Waals surface area contributed by atoms with Gasteiger partial charge in [-0.15, -0.1) is 0 Å². The van der Waals surface area contributed by atoms with Crippen molar-refractivity contribution in [2.45, 2.75) is 12.5 Å². The molecule has 0 aliphatic carbocycles. The molecule has 2 aromatic rings. The molecule has 0 bridgehead atoms. The summed E-state index contributed by atoms with van der Waals surface area (Å²) in [7, 11) is 0. The van der Waals surface area contributed by atoms with Crippen LogP contribution in [-0.2, 0) is 6.42 Å². The minimum atomic E-state index is -0.384. The highest BCUT2D eigenvalue weighted by Gasteiger charge is 2.28. The van der Waals surface area contributed by atoms with Crippen LogP contribution >= 0.6 is 15.9 Å². The van der Waals surface area contributed by atoms with Gasteiger partial charge in [0, 0.05) is 10.9 Å². The Morgan fingerprint density at radius 2 is 2.29 bits per heavy atom. The zero-order valence-corrected chi connectivity index (χ0v) is 10.4. The fourth-order valence-corrected chi connectivity index (χ4v) is 2.39. The number of halogens is 1. The topological polar surface area (TPSA) is 59.7 Å². The highest BCUT2D eigenvalue weighted by Crippen LogP contribution is 2.35. The lowest BCUT2D eigenvalue weighted by Gasteiger charge is -2.07. The van der Waals surface area contributed by atoms with Crippen molar-refractivity contribution in [1.82, 2.24) is 0 Å². The summed E-state index contributed by atoms with van der Waals surface area (Å²) in [5.74, 6) is 0.539.